The molecule has 1 aromatic carbocycles. The van der Waals surface area contributed by atoms with Crippen LogP contribution in [0.2, 0.25) is 0 Å². The molecular weight excluding hydrogens is 264 g/mol. The van der Waals surface area contributed by atoms with E-state index in [1.54, 1.807) is 6.92 Å². The molecule has 2 aromatic heterocycles. The summed E-state index contributed by atoms with van der Waals surface area (Å²) in [5, 5.41) is 12.1. The Kier molecular flexibility index (Phi) is 2.75. The normalized spacial score (nSPS) is 11.7. The number of aryl methyl sites for hydroxylation is 2. The van der Waals surface area contributed by atoms with Gasteiger partial charge in [-0.3, -0.25) is 0 Å². The number of nitrogens with one attached hydrogen (secondary N) is 1. The van der Waals surface area contributed by atoms with Crippen LogP contribution in [0.25, 0.3) is 10.9 Å². The van der Waals surface area contributed by atoms with Gasteiger partial charge in [-0.05, 0) is 37.5 Å². The highest BCUT2D eigenvalue weighted by Crippen LogP contribution is 2.32. The highest BCUT2D eigenvalue weighted by molar-refractivity contribution is 7.11. The van der Waals surface area contributed by atoms with E-state index in [4.69, 9.17) is 0 Å². The Morgan fingerprint density at radius 3 is 2.89 bits per heavy atom. The average Bonchev–Trinajstić information content (AvgIpc) is 2.92. The zero-order valence-electron chi connectivity index (χ0n) is 10.3. The standard InChI is InChI=1S/C12H10N4O2S/c1-6-3-4-9-8(5-6)11(19-16-9)14-13-10-7(2)15-18-12(10)17/h3-5,15H,1-2H3. The molecule has 6 nitrogen and oxygen atoms in total. The molecule has 0 aliphatic rings. The number of fused-ring (bicyclic) bond motifs is 1. The number of nitrogens with zero attached hydrogens (tertiary/aromatic N) is 3. The minimum atomic E-state index is -0.522. The fourth-order valence-corrected chi connectivity index (χ4v) is 2.38. The average molecular weight is 274 g/mol. The smallest absolute Gasteiger partial charge is 0.336 e. The fourth-order valence-electron chi connectivity index (χ4n) is 1.70. The summed E-state index contributed by atoms with van der Waals surface area (Å²) in [5.74, 6) is 0. The summed E-state index contributed by atoms with van der Waals surface area (Å²) < 4.78 is 8.91. The first-order chi connectivity index (χ1) is 9.15. The summed E-state index contributed by atoms with van der Waals surface area (Å²) in [6.45, 7) is 3.71. The number of benzene rings is 1. The molecule has 0 fully saturated rings. The third kappa shape index (κ3) is 2.08. The van der Waals surface area contributed by atoms with Gasteiger partial charge in [0.25, 0.3) is 0 Å². The van der Waals surface area contributed by atoms with Crippen molar-refractivity contribution in [3.05, 3.63) is 39.9 Å². The Bertz CT molecular complexity index is 828. The maximum Gasteiger partial charge on any atom is 0.384 e. The number of hydrogen-bond acceptors (Lipinski definition) is 6. The second-order valence-electron chi connectivity index (χ2n) is 4.17. The number of H-pyrrole nitrogens is 1. The lowest BCUT2D eigenvalue weighted by Crippen LogP contribution is -1.89. The van der Waals surface area contributed by atoms with Crippen molar-refractivity contribution in [2.24, 2.45) is 10.2 Å². The minimum absolute atomic E-state index is 0.189. The molecule has 3 aromatic rings. The molecule has 0 spiro atoms. The Morgan fingerprint density at radius 1 is 1.32 bits per heavy atom. The molecule has 96 valence electrons. The van der Waals surface area contributed by atoms with Crippen molar-refractivity contribution in [2.75, 3.05) is 0 Å². The van der Waals surface area contributed by atoms with Crippen molar-refractivity contribution in [3.8, 4) is 0 Å². The van der Waals surface area contributed by atoms with Crippen LogP contribution >= 0.6 is 11.5 Å². The lowest BCUT2D eigenvalue weighted by Gasteiger charge is -1.92. The first kappa shape index (κ1) is 11.8. The second-order valence-corrected chi connectivity index (χ2v) is 4.93. The third-order valence-corrected chi connectivity index (χ3v) is 3.46. The Labute approximate surface area is 111 Å². The summed E-state index contributed by atoms with van der Waals surface area (Å²) in [5.41, 5.74) is 2.23. The van der Waals surface area contributed by atoms with Crippen LogP contribution in [0.5, 0.6) is 0 Å². The zero-order valence-corrected chi connectivity index (χ0v) is 11.1. The topological polar surface area (TPSA) is 83.6 Å². The first-order valence-electron chi connectivity index (χ1n) is 5.61. The van der Waals surface area contributed by atoms with Gasteiger partial charge < -0.3 is 4.52 Å². The predicted octanol–water partition coefficient (Wildman–Crippen LogP) is 3.61. The molecule has 0 bridgehead atoms. The van der Waals surface area contributed by atoms with Gasteiger partial charge in [0.2, 0.25) is 0 Å². The summed E-state index contributed by atoms with van der Waals surface area (Å²) in [6.07, 6.45) is 0. The lowest BCUT2D eigenvalue weighted by atomic mass is 10.2. The van der Waals surface area contributed by atoms with Crippen molar-refractivity contribution in [1.82, 2.24) is 9.53 Å². The van der Waals surface area contributed by atoms with E-state index in [1.165, 1.54) is 11.5 Å². The van der Waals surface area contributed by atoms with Crippen molar-refractivity contribution >= 4 is 33.1 Å². The van der Waals surface area contributed by atoms with Crippen LogP contribution in [0, 0.1) is 13.8 Å². The van der Waals surface area contributed by atoms with Crippen LogP contribution in [0.1, 0.15) is 11.3 Å². The molecule has 7 heteroatoms. The molecule has 0 atom stereocenters. The molecule has 19 heavy (non-hydrogen) atoms. The van der Waals surface area contributed by atoms with Crippen LogP contribution < -0.4 is 5.63 Å². The van der Waals surface area contributed by atoms with Gasteiger partial charge in [0.1, 0.15) is 0 Å². The van der Waals surface area contributed by atoms with Crippen molar-refractivity contribution in [1.29, 1.82) is 0 Å². The first-order valence-corrected chi connectivity index (χ1v) is 6.38. The van der Waals surface area contributed by atoms with E-state index < -0.39 is 5.63 Å². The minimum Gasteiger partial charge on any atom is -0.336 e. The Balaban J connectivity index is 2.06. The number of hydrogen-bond donors (Lipinski definition) is 1. The molecular formula is C12H10N4O2S. The van der Waals surface area contributed by atoms with Gasteiger partial charge in [-0.15, -0.1) is 10.2 Å². The molecule has 0 amide bonds. The number of aromatic nitrogens is 2. The Hall–Kier alpha value is -2.28. The predicted molar refractivity (Wildman–Crippen MR) is 72.6 cm³/mol. The number of aromatic amines is 1. The second kappa shape index (κ2) is 4.43. The fraction of sp³-hybridized carbons (Fsp3) is 0.167. The highest BCUT2D eigenvalue weighted by atomic mass is 32.1. The van der Waals surface area contributed by atoms with Gasteiger partial charge in [0.05, 0.1) is 11.2 Å². The van der Waals surface area contributed by atoms with E-state index >= 15 is 0 Å². The lowest BCUT2D eigenvalue weighted by molar-refractivity contribution is 0.388. The number of azo groups is 1. The molecule has 0 unspecified atom stereocenters. The van der Waals surface area contributed by atoms with Gasteiger partial charge in [-0.25, -0.2) is 9.95 Å². The van der Waals surface area contributed by atoms with Crippen molar-refractivity contribution in [3.63, 3.8) is 0 Å². The van der Waals surface area contributed by atoms with Gasteiger partial charge in [-0.1, -0.05) is 11.6 Å². The monoisotopic (exact) mass is 274 g/mol. The van der Waals surface area contributed by atoms with Crippen LogP contribution in [0.3, 0.4) is 0 Å². The maximum atomic E-state index is 11.4. The van der Waals surface area contributed by atoms with Crippen molar-refractivity contribution < 1.29 is 4.52 Å². The van der Waals surface area contributed by atoms with E-state index in [-0.39, 0.29) is 5.69 Å². The van der Waals surface area contributed by atoms with E-state index in [0.29, 0.717) is 10.7 Å². The SMILES string of the molecule is Cc1ccc2nsc(N=Nc3c(C)[nH]oc3=O)c2c1. The molecule has 1 N–H and O–H groups in total. The zero-order chi connectivity index (χ0) is 13.4. The quantitative estimate of drug-likeness (QED) is 0.724. The molecule has 0 aliphatic carbocycles. The van der Waals surface area contributed by atoms with Crippen LogP contribution in [0.15, 0.2) is 37.7 Å². The largest absolute Gasteiger partial charge is 0.384 e. The summed E-state index contributed by atoms with van der Waals surface area (Å²) in [7, 11) is 0. The van der Waals surface area contributed by atoms with Gasteiger partial charge in [-0.2, -0.15) is 4.37 Å². The molecule has 0 radical (unpaired) electrons. The van der Waals surface area contributed by atoms with E-state index in [9.17, 15) is 4.79 Å². The van der Waals surface area contributed by atoms with Gasteiger partial charge in [0, 0.05) is 5.39 Å². The van der Waals surface area contributed by atoms with Gasteiger partial charge in [0.15, 0.2) is 10.7 Å². The van der Waals surface area contributed by atoms with Crippen molar-refractivity contribution in [2.45, 2.75) is 13.8 Å². The van der Waals surface area contributed by atoms with Crippen LogP contribution in [-0.4, -0.2) is 9.53 Å². The third-order valence-electron chi connectivity index (χ3n) is 2.70. The van der Waals surface area contributed by atoms with E-state index in [0.717, 1.165) is 16.5 Å². The maximum absolute atomic E-state index is 11.4. The molecule has 0 aliphatic heterocycles. The molecule has 2 heterocycles. The number of rotatable bonds is 2. The summed E-state index contributed by atoms with van der Waals surface area (Å²) in [6, 6.07) is 5.93. The van der Waals surface area contributed by atoms with E-state index in [2.05, 4.69) is 24.3 Å². The summed E-state index contributed by atoms with van der Waals surface area (Å²) >= 11 is 1.25. The van der Waals surface area contributed by atoms with Crippen LogP contribution in [-0.2, 0) is 0 Å². The molecule has 0 saturated heterocycles. The molecule has 3 rings (SSSR count). The summed E-state index contributed by atoms with van der Waals surface area (Å²) in [4.78, 5) is 11.4. The Morgan fingerprint density at radius 2 is 2.16 bits per heavy atom. The van der Waals surface area contributed by atoms with Crippen LogP contribution in [0.4, 0.5) is 10.7 Å². The molecule has 0 saturated carbocycles. The highest BCUT2D eigenvalue weighted by Gasteiger charge is 2.09. The van der Waals surface area contributed by atoms with E-state index in [1.807, 2.05) is 25.1 Å². The van der Waals surface area contributed by atoms with Gasteiger partial charge >= 0.3 is 5.63 Å².